The molecule has 0 aliphatic carbocycles. The van der Waals surface area contributed by atoms with E-state index in [1.807, 2.05) is 31.2 Å². The summed E-state index contributed by atoms with van der Waals surface area (Å²) in [4.78, 5) is 22.7. The lowest BCUT2D eigenvalue weighted by Gasteiger charge is -2.06. The number of carbonyl (C=O) groups excluding carboxylic acids is 2. The first-order chi connectivity index (χ1) is 9.15. The van der Waals surface area contributed by atoms with Gasteiger partial charge in [-0.05, 0) is 30.5 Å². The van der Waals surface area contributed by atoms with Crippen LogP contribution >= 0.6 is 0 Å². The summed E-state index contributed by atoms with van der Waals surface area (Å²) in [5, 5.41) is 0. The molecule has 0 aromatic heterocycles. The monoisotopic (exact) mass is 264 g/mol. The zero-order valence-electron chi connectivity index (χ0n) is 11.5. The molecule has 4 heteroatoms. The van der Waals surface area contributed by atoms with Crippen molar-refractivity contribution in [2.75, 3.05) is 13.2 Å². The second-order valence-electron chi connectivity index (χ2n) is 4.22. The van der Waals surface area contributed by atoms with E-state index in [9.17, 15) is 9.59 Å². The lowest BCUT2D eigenvalue weighted by atomic mass is 10.2. The fraction of sp³-hybridized carbons (Fsp3) is 0.467. The molecule has 0 fully saturated rings. The van der Waals surface area contributed by atoms with Gasteiger partial charge in [0.05, 0.1) is 6.61 Å². The third kappa shape index (κ3) is 6.04. The molecular formula is C15H20O4. The van der Waals surface area contributed by atoms with Crippen molar-refractivity contribution in [3.8, 4) is 5.75 Å². The Hall–Kier alpha value is -1.84. The smallest absolute Gasteiger partial charge is 0.313 e. The highest BCUT2D eigenvalue weighted by molar-refractivity contribution is 5.96. The van der Waals surface area contributed by atoms with Crippen LogP contribution in [-0.2, 0) is 20.7 Å². The van der Waals surface area contributed by atoms with E-state index in [0.29, 0.717) is 12.4 Å². The molecule has 0 bridgehead atoms. The number of ether oxygens (including phenoxy) is 2. The van der Waals surface area contributed by atoms with Crippen LogP contribution in [0.2, 0.25) is 0 Å². The quantitative estimate of drug-likeness (QED) is 0.535. The van der Waals surface area contributed by atoms with Gasteiger partial charge in [-0.3, -0.25) is 9.59 Å². The molecule has 1 rings (SSSR count). The molecular weight excluding hydrogens is 244 g/mol. The van der Waals surface area contributed by atoms with Crippen LogP contribution in [0.5, 0.6) is 5.75 Å². The number of hydrogen-bond donors (Lipinski definition) is 0. The molecule has 0 amide bonds. The molecule has 1 aromatic rings. The highest BCUT2D eigenvalue weighted by Gasteiger charge is 2.11. The van der Waals surface area contributed by atoms with Crippen molar-refractivity contribution in [2.45, 2.75) is 33.1 Å². The number of ketones is 1. The number of esters is 1. The summed E-state index contributed by atoms with van der Waals surface area (Å²) in [6.07, 6.45) is 1.48. The lowest BCUT2D eigenvalue weighted by Crippen LogP contribution is -2.17. The Bertz CT molecular complexity index is 409. The van der Waals surface area contributed by atoms with E-state index in [2.05, 4.69) is 6.92 Å². The van der Waals surface area contributed by atoms with Crippen LogP contribution in [0.15, 0.2) is 24.3 Å². The first-order valence-electron chi connectivity index (χ1n) is 6.54. The van der Waals surface area contributed by atoms with E-state index in [0.717, 1.165) is 12.8 Å². The SMILES string of the molecule is CCCOC(=O)CC(=O)COc1ccc(CC)cc1. The first-order valence-corrected chi connectivity index (χ1v) is 6.54. The van der Waals surface area contributed by atoms with Crippen LogP contribution in [0.1, 0.15) is 32.3 Å². The molecule has 0 heterocycles. The van der Waals surface area contributed by atoms with Crippen LogP contribution < -0.4 is 4.74 Å². The van der Waals surface area contributed by atoms with Gasteiger partial charge in [0.15, 0.2) is 5.78 Å². The Kier molecular flexibility index (Phi) is 6.64. The predicted molar refractivity (Wildman–Crippen MR) is 72.2 cm³/mol. The summed E-state index contributed by atoms with van der Waals surface area (Å²) in [5.74, 6) is -0.134. The van der Waals surface area contributed by atoms with Gasteiger partial charge in [0, 0.05) is 0 Å². The fourth-order valence-corrected chi connectivity index (χ4v) is 1.46. The van der Waals surface area contributed by atoms with Crippen molar-refractivity contribution < 1.29 is 19.1 Å². The maximum Gasteiger partial charge on any atom is 0.313 e. The standard InChI is InChI=1S/C15H20O4/c1-3-9-18-15(17)10-13(16)11-19-14-7-5-12(4-2)6-8-14/h5-8H,3-4,9-11H2,1-2H3. The maximum absolute atomic E-state index is 11.5. The summed E-state index contributed by atoms with van der Waals surface area (Å²) in [5.41, 5.74) is 1.21. The largest absolute Gasteiger partial charge is 0.486 e. The minimum atomic E-state index is -0.489. The zero-order valence-corrected chi connectivity index (χ0v) is 11.5. The number of hydrogen-bond acceptors (Lipinski definition) is 4. The molecule has 4 nitrogen and oxygen atoms in total. The molecule has 1 aromatic carbocycles. The Balaban J connectivity index is 2.31. The summed E-state index contributed by atoms with van der Waals surface area (Å²) >= 11 is 0. The number of aryl methyl sites for hydroxylation is 1. The Morgan fingerprint density at radius 3 is 2.37 bits per heavy atom. The van der Waals surface area contributed by atoms with E-state index < -0.39 is 5.97 Å². The molecule has 19 heavy (non-hydrogen) atoms. The summed E-state index contributed by atoms with van der Waals surface area (Å²) in [7, 11) is 0. The molecule has 0 aliphatic rings. The molecule has 104 valence electrons. The van der Waals surface area contributed by atoms with Crippen LogP contribution in [0, 0.1) is 0 Å². The average Bonchev–Trinajstić information content (AvgIpc) is 2.43. The van der Waals surface area contributed by atoms with E-state index in [1.54, 1.807) is 0 Å². The maximum atomic E-state index is 11.5. The highest BCUT2D eigenvalue weighted by Crippen LogP contribution is 2.12. The molecule has 0 radical (unpaired) electrons. The second-order valence-corrected chi connectivity index (χ2v) is 4.22. The van der Waals surface area contributed by atoms with Gasteiger partial charge in [0.25, 0.3) is 0 Å². The first kappa shape index (κ1) is 15.2. The fourth-order valence-electron chi connectivity index (χ4n) is 1.46. The highest BCUT2D eigenvalue weighted by atomic mass is 16.5. The van der Waals surface area contributed by atoms with Crippen molar-refractivity contribution in [1.82, 2.24) is 0 Å². The van der Waals surface area contributed by atoms with Crippen LogP contribution in [0.3, 0.4) is 0 Å². The minimum Gasteiger partial charge on any atom is -0.486 e. The molecule has 0 atom stereocenters. The third-order valence-corrected chi connectivity index (χ3v) is 2.54. The van der Waals surface area contributed by atoms with Crippen molar-refractivity contribution in [1.29, 1.82) is 0 Å². The van der Waals surface area contributed by atoms with Crippen LogP contribution in [-0.4, -0.2) is 25.0 Å². The lowest BCUT2D eigenvalue weighted by molar-refractivity contribution is -0.146. The summed E-state index contributed by atoms with van der Waals surface area (Å²) in [6, 6.07) is 7.55. The normalized spacial score (nSPS) is 10.0. The van der Waals surface area contributed by atoms with Crippen LogP contribution in [0.25, 0.3) is 0 Å². The minimum absolute atomic E-state index is 0.104. The van der Waals surface area contributed by atoms with Gasteiger partial charge in [-0.1, -0.05) is 26.0 Å². The van der Waals surface area contributed by atoms with E-state index in [-0.39, 0.29) is 18.8 Å². The van der Waals surface area contributed by atoms with Crippen molar-refractivity contribution in [3.63, 3.8) is 0 Å². The van der Waals surface area contributed by atoms with E-state index in [1.165, 1.54) is 5.56 Å². The summed E-state index contributed by atoms with van der Waals surface area (Å²) in [6.45, 7) is 4.22. The Labute approximate surface area is 113 Å². The molecule has 0 saturated heterocycles. The van der Waals surface area contributed by atoms with Gasteiger partial charge < -0.3 is 9.47 Å². The van der Waals surface area contributed by atoms with Crippen molar-refractivity contribution in [3.05, 3.63) is 29.8 Å². The number of Topliss-reactive ketones (excluding diaryl/α,β-unsaturated/α-hetero) is 1. The predicted octanol–water partition coefficient (Wildman–Crippen LogP) is 2.54. The number of rotatable bonds is 8. The van der Waals surface area contributed by atoms with Gasteiger partial charge in [-0.2, -0.15) is 0 Å². The topological polar surface area (TPSA) is 52.6 Å². The third-order valence-electron chi connectivity index (χ3n) is 2.54. The molecule has 0 saturated carbocycles. The zero-order chi connectivity index (χ0) is 14.1. The van der Waals surface area contributed by atoms with E-state index >= 15 is 0 Å². The molecule has 0 spiro atoms. The van der Waals surface area contributed by atoms with Gasteiger partial charge in [0.2, 0.25) is 0 Å². The molecule has 0 N–H and O–H groups in total. The summed E-state index contributed by atoms with van der Waals surface area (Å²) < 4.78 is 10.1. The Morgan fingerprint density at radius 1 is 1.11 bits per heavy atom. The van der Waals surface area contributed by atoms with E-state index in [4.69, 9.17) is 9.47 Å². The molecule has 0 unspecified atom stereocenters. The van der Waals surface area contributed by atoms with Crippen molar-refractivity contribution in [2.24, 2.45) is 0 Å². The number of benzene rings is 1. The van der Waals surface area contributed by atoms with Gasteiger partial charge in [-0.15, -0.1) is 0 Å². The van der Waals surface area contributed by atoms with Crippen molar-refractivity contribution >= 4 is 11.8 Å². The Morgan fingerprint density at radius 2 is 1.79 bits per heavy atom. The van der Waals surface area contributed by atoms with Gasteiger partial charge in [0.1, 0.15) is 18.8 Å². The second kappa shape index (κ2) is 8.29. The average molecular weight is 264 g/mol. The van der Waals surface area contributed by atoms with Gasteiger partial charge >= 0.3 is 5.97 Å². The number of carbonyl (C=O) groups is 2. The van der Waals surface area contributed by atoms with Gasteiger partial charge in [-0.25, -0.2) is 0 Å². The van der Waals surface area contributed by atoms with Crippen LogP contribution in [0.4, 0.5) is 0 Å². The molecule has 0 aliphatic heterocycles.